The molecule has 3 heterocycles. The van der Waals surface area contributed by atoms with Gasteiger partial charge in [-0.25, -0.2) is 14.7 Å². The molecule has 2 aromatic carbocycles. The van der Waals surface area contributed by atoms with Gasteiger partial charge in [-0.1, -0.05) is 48.8 Å². The van der Waals surface area contributed by atoms with Crippen LogP contribution in [-0.4, -0.2) is 47.1 Å². The third-order valence-electron chi connectivity index (χ3n) is 7.40. The first-order chi connectivity index (χ1) is 22.0. The van der Waals surface area contributed by atoms with E-state index in [9.17, 15) is 14.4 Å². The van der Waals surface area contributed by atoms with Gasteiger partial charge >= 0.3 is 0 Å². The van der Waals surface area contributed by atoms with E-state index in [0.717, 1.165) is 0 Å². The fourth-order valence-electron chi connectivity index (χ4n) is 5.15. The van der Waals surface area contributed by atoms with Crippen LogP contribution in [0, 0.1) is 11.8 Å². The minimum Gasteiger partial charge on any atom is -0.381 e. The number of nitrogens with zero attached hydrogens (tertiary/aromatic N) is 7. The smallest absolute Gasteiger partial charge is 0.267 e. The van der Waals surface area contributed by atoms with Crippen LogP contribution in [0.5, 0.6) is 0 Å². The number of hydrogen-bond donors (Lipinski definition) is 3. The van der Waals surface area contributed by atoms with Gasteiger partial charge in [-0.3, -0.25) is 23.6 Å². The summed E-state index contributed by atoms with van der Waals surface area (Å²) < 4.78 is 4.41. The fraction of sp³-hybridized carbons (Fsp3) is 0.182. The number of allylic oxidation sites excluding steroid dienone is 1. The largest absolute Gasteiger partial charge is 0.381 e. The van der Waals surface area contributed by atoms with Crippen molar-refractivity contribution in [3.05, 3.63) is 106 Å². The molecule has 2 amide bonds. The number of benzene rings is 2. The van der Waals surface area contributed by atoms with Crippen LogP contribution in [0.2, 0.25) is 0 Å². The van der Waals surface area contributed by atoms with E-state index in [1.54, 1.807) is 81.3 Å². The Bertz CT molecular complexity index is 2150. The van der Waals surface area contributed by atoms with E-state index in [-0.39, 0.29) is 34.0 Å². The van der Waals surface area contributed by atoms with Crippen molar-refractivity contribution in [3.8, 4) is 17.5 Å². The summed E-state index contributed by atoms with van der Waals surface area (Å²) in [4.78, 5) is 48.9. The number of fused-ring (bicyclic) bond motifs is 1. The quantitative estimate of drug-likeness (QED) is 0.177. The molecule has 0 aliphatic carbocycles. The molecule has 0 saturated carbocycles. The highest BCUT2D eigenvalue weighted by Crippen LogP contribution is 2.26. The lowest BCUT2D eigenvalue weighted by Crippen LogP contribution is -2.33. The van der Waals surface area contributed by atoms with Gasteiger partial charge in [0.25, 0.3) is 11.5 Å². The molecule has 0 bridgehead atoms. The average molecular weight is 617 g/mol. The molecule has 0 saturated heterocycles. The number of aromatic nitrogens is 6. The van der Waals surface area contributed by atoms with Gasteiger partial charge in [0, 0.05) is 25.9 Å². The summed E-state index contributed by atoms with van der Waals surface area (Å²) >= 11 is 0. The van der Waals surface area contributed by atoms with Crippen LogP contribution in [0.15, 0.2) is 77.2 Å². The molecule has 46 heavy (non-hydrogen) atoms. The van der Waals surface area contributed by atoms with E-state index < -0.39 is 23.8 Å². The Morgan fingerprint density at radius 1 is 1.04 bits per heavy atom. The zero-order valence-electron chi connectivity index (χ0n) is 25.7. The van der Waals surface area contributed by atoms with E-state index >= 15 is 0 Å². The highest BCUT2D eigenvalue weighted by molar-refractivity contribution is 6.03. The van der Waals surface area contributed by atoms with Gasteiger partial charge in [0.15, 0.2) is 11.6 Å². The van der Waals surface area contributed by atoms with Crippen LogP contribution < -0.4 is 22.3 Å². The van der Waals surface area contributed by atoms with Crippen LogP contribution in [0.1, 0.15) is 58.8 Å². The number of nitrogens with one attached hydrogen (secondary N) is 1. The number of nitrogens with two attached hydrogens (primary N) is 2. The Labute approximate surface area is 264 Å². The zero-order chi connectivity index (χ0) is 33.1. The summed E-state index contributed by atoms with van der Waals surface area (Å²) in [5.74, 6) is 5.01. The highest BCUT2D eigenvalue weighted by Gasteiger charge is 2.26. The summed E-state index contributed by atoms with van der Waals surface area (Å²) in [5, 5.41) is 11.6. The van der Waals surface area contributed by atoms with Gasteiger partial charge in [-0.15, -0.1) is 0 Å². The Morgan fingerprint density at radius 3 is 2.46 bits per heavy atom. The normalized spacial score (nSPS) is 12.4. The zero-order valence-corrected chi connectivity index (χ0v) is 25.7. The maximum atomic E-state index is 14.3. The monoisotopic (exact) mass is 616 g/mol. The molecule has 13 nitrogen and oxygen atoms in total. The third-order valence-corrected chi connectivity index (χ3v) is 7.40. The fourth-order valence-corrected chi connectivity index (χ4v) is 5.15. The molecule has 2 unspecified atom stereocenters. The van der Waals surface area contributed by atoms with E-state index in [4.69, 9.17) is 16.5 Å². The number of anilines is 1. The molecule has 3 aromatic heterocycles. The van der Waals surface area contributed by atoms with Gasteiger partial charge in [-0.2, -0.15) is 10.2 Å². The average Bonchev–Trinajstić information content (AvgIpc) is 3.54. The Morgan fingerprint density at radius 2 is 1.76 bits per heavy atom. The SMILES string of the molecule is C=C/C=N\c1c(C(=O)NC(C)c2nc3cccc(C#Cc4cnn(C)c4C(C)C(N)=O)c3c(=O)n2-c2ccccc2)c(N)nn1C. The summed E-state index contributed by atoms with van der Waals surface area (Å²) in [7, 11) is 3.33. The second-order valence-corrected chi connectivity index (χ2v) is 10.5. The summed E-state index contributed by atoms with van der Waals surface area (Å²) in [6, 6.07) is 13.4. The Hall–Kier alpha value is -6.29. The van der Waals surface area contributed by atoms with Crippen molar-refractivity contribution in [1.82, 2.24) is 34.4 Å². The summed E-state index contributed by atoms with van der Waals surface area (Å²) in [6.45, 7) is 7.02. The number of aryl methyl sites for hydroxylation is 2. The number of carbonyl (C=O) groups is 2. The summed E-state index contributed by atoms with van der Waals surface area (Å²) in [5.41, 5.74) is 13.8. The number of primary amides is 1. The van der Waals surface area contributed by atoms with Crippen molar-refractivity contribution in [2.45, 2.75) is 25.8 Å². The maximum absolute atomic E-state index is 14.3. The van der Waals surface area contributed by atoms with Gasteiger partial charge in [0.1, 0.15) is 11.4 Å². The Kier molecular flexibility index (Phi) is 8.63. The first kappa shape index (κ1) is 31.1. The van der Waals surface area contributed by atoms with Gasteiger partial charge in [0.2, 0.25) is 5.91 Å². The molecule has 5 N–H and O–H groups in total. The number of para-hydroxylation sites is 1. The molecule has 0 radical (unpaired) electrons. The van der Waals surface area contributed by atoms with Crippen LogP contribution in [0.4, 0.5) is 11.6 Å². The minimum absolute atomic E-state index is 0.000505. The first-order valence-corrected chi connectivity index (χ1v) is 14.3. The van der Waals surface area contributed by atoms with Crippen LogP contribution in [0.3, 0.4) is 0 Å². The molecule has 5 aromatic rings. The van der Waals surface area contributed by atoms with E-state index in [0.29, 0.717) is 28.0 Å². The highest BCUT2D eigenvalue weighted by atomic mass is 16.2. The lowest BCUT2D eigenvalue weighted by atomic mass is 10.0. The van der Waals surface area contributed by atoms with Crippen LogP contribution in [-0.2, 0) is 18.9 Å². The van der Waals surface area contributed by atoms with Gasteiger partial charge < -0.3 is 16.8 Å². The Balaban J connectivity index is 1.64. The molecular weight excluding hydrogens is 584 g/mol. The van der Waals surface area contributed by atoms with Crippen molar-refractivity contribution < 1.29 is 9.59 Å². The molecule has 5 rings (SSSR count). The minimum atomic E-state index is -0.761. The van der Waals surface area contributed by atoms with Crippen LogP contribution in [0.25, 0.3) is 16.6 Å². The molecule has 0 aliphatic rings. The van der Waals surface area contributed by atoms with E-state index in [1.807, 2.05) is 6.07 Å². The standard InChI is InChI=1S/C33H32N10O3/c1-6-17-36-31-26(28(34)40-42(31)5)32(45)38-20(3)30-39-24-14-10-11-21(25(24)33(46)43(30)23-12-8-7-9-13-23)15-16-22-18-37-41(4)27(22)19(2)29(35)44/h6-14,17-20H,1H2,2-5H3,(H2,34,40)(H2,35,44)(H,38,45)/b36-17-. The molecule has 13 heteroatoms. The number of nitrogen functional groups attached to an aromatic ring is 1. The molecule has 0 spiro atoms. The third kappa shape index (κ3) is 5.79. The molecular formula is C33H32N10O3. The lowest BCUT2D eigenvalue weighted by molar-refractivity contribution is -0.119. The maximum Gasteiger partial charge on any atom is 0.267 e. The summed E-state index contributed by atoms with van der Waals surface area (Å²) in [6.07, 6.45) is 4.46. The van der Waals surface area contributed by atoms with Gasteiger partial charge in [0.05, 0.1) is 46.0 Å². The van der Waals surface area contributed by atoms with Crippen molar-refractivity contribution >= 4 is 40.6 Å². The van der Waals surface area contributed by atoms with Crippen molar-refractivity contribution in [2.24, 2.45) is 24.8 Å². The predicted octanol–water partition coefficient (Wildman–Crippen LogP) is 2.80. The van der Waals surface area contributed by atoms with Crippen molar-refractivity contribution in [2.75, 3.05) is 5.73 Å². The molecule has 232 valence electrons. The number of aliphatic imine (C=N–C) groups is 1. The molecule has 0 aliphatic heterocycles. The second-order valence-electron chi connectivity index (χ2n) is 10.5. The number of hydrogen-bond acceptors (Lipinski definition) is 8. The number of rotatable bonds is 8. The molecule has 2 atom stereocenters. The second kappa shape index (κ2) is 12.7. The first-order valence-electron chi connectivity index (χ1n) is 14.3. The van der Waals surface area contributed by atoms with Crippen LogP contribution >= 0.6 is 0 Å². The van der Waals surface area contributed by atoms with Crippen molar-refractivity contribution in [1.29, 1.82) is 0 Å². The van der Waals surface area contributed by atoms with E-state index in [1.165, 1.54) is 21.5 Å². The topological polar surface area (TPSA) is 181 Å². The lowest BCUT2D eigenvalue weighted by Gasteiger charge is -2.20. The number of carbonyl (C=O) groups excluding carboxylic acids is 2. The predicted molar refractivity (Wildman–Crippen MR) is 176 cm³/mol. The molecule has 0 fully saturated rings. The van der Waals surface area contributed by atoms with E-state index in [2.05, 4.69) is 38.9 Å². The van der Waals surface area contributed by atoms with Crippen molar-refractivity contribution in [3.63, 3.8) is 0 Å². The number of amides is 2. The van der Waals surface area contributed by atoms with Gasteiger partial charge in [-0.05, 0) is 38.1 Å².